The Labute approximate surface area is 161 Å². The molecule has 3 aromatic rings. The first-order valence-corrected chi connectivity index (χ1v) is 9.53. The van der Waals surface area contributed by atoms with Crippen LogP contribution in [0.15, 0.2) is 53.0 Å². The lowest BCUT2D eigenvalue weighted by Crippen LogP contribution is -2.36. The standard InChI is InChI=1S/C21H20BrN3O/c1-14-17-8-3-4-9-18(17)24-19(23-14)13-25(2)20(26)21(10-11-21)15-6-5-7-16(22)12-15/h3-9,12H,10-11,13H2,1-2H3. The van der Waals surface area contributed by atoms with Gasteiger partial charge in [-0.05, 0) is 43.5 Å². The first kappa shape index (κ1) is 17.2. The minimum atomic E-state index is -0.385. The van der Waals surface area contributed by atoms with Gasteiger partial charge in [0.05, 0.1) is 17.5 Å². The second-order valence-electron chi connectivity index (χ2n) is 7.00. The van der Waals surface area contributed by atoms with E-state index in [1.807, 2.05) is 56.4 Å². The van der Waals surface area contributed by atoms with Crippen LogP contribution < -0.4 is 0 Å². The lowest BCUT2D eigenvalue weighted by Gasteiger charge is -2.23. The summed E-state index contributed by atoms with van der Waals surface area (Å²) in [6.07, 6.45) is 1.79. The fourth-order valence-corrected chi connectivity index (χ4v) is 3.95. The fraction of sp³-hybridized carbons (Fsp3) is 0.286. The van der Waals surface area contributed by atoms with Gasteiger partial charge >= 0.3 is 0 Å². The minimum absolute atomic E-state index is 0.144. The van der Waals surface area contributed by atoms with E-state index < -0.39 is 0 Å². The molecule has 0 N–H and O–H groups in total. The molecule has 0 bridgehead atoms. The number of carbonyl (C=O) groups is 1. The second kappa shape index (κ2) is 6.47. The van der Waals surface area contributed by atoms with Gasteiger partial charge in [0.25, 0.3) is 0 Å². The predicted molar refractivity (Wildman–Crippen MR) is 106 cm³/mol. The van der Waals surface area contributed by atoms with Crippen molar-refractivity contribution in [3.8, 4) is 0 Å². The van der Waals surface area contributed by atoms with Gasteiger partial charge in [0, 0.05) is 22.6 Å². The van der Waals surface area contributed by atoms with Gasteiger partial charge in [-0.3, -0.25) is 4.79 Å². The molecule has 1 heterocycles. The van der Waals surface area contributed by atoms with Crippen LogP contribution in [0.3, 0.4) is 0 Å². The number of hydrogen-bond acceptors (Lipinski definition) is 3. The van der Waals surface area contributed by atoms with E-state index in [0.717, 1.165) is 39.5 Å². The molecule has 1 aliphatic rings. The zero-order valence-corrected chi connectivity index (χ0v) is 16.5. The maximum Gasteiger partial charge on any atom is 0.233 e. The average Bonchev–Trinajstić information content (AvgIpc) is 3.43. The molecule has 0 atom stereocenters. The van der Waals surface area contributed by atoms with Gasteiger partial charge in [-0.15, -0.1) is 0 Å². The average molecular weight is 410 g/mol. The van der Waals surface area contributed by atoms with E-state index in [-0.39, 0.29) is 11.3 Å². The number of amides is 1. The molecule has 5 heteroatoms. The number of likely N-dealkylation sites (N-methyl/N-ethyl adjacent to an activating group) is 1. The van der Waals surface area contributed by atoms with Crippen LogP contribution >= 0.6 is 15.9 Å². The quantitative estimate of drug-likeness (QED) is 0.641. The maximum absolute atomic E-state index is 13.1. The molecule has 1 saturated carbocycles. The van der Waals surface area contributed by atoms with E-state index in [1.165, 1.54) is 0 Å². The van der Waals surface area contributed by atoms with Crippen LogP contribution in [-0.2, 0) is 16.8 Å². The zero-order valence-electron chi connectivity index (χ0n) is 14.9. The predicted octanol–water partition coefficient (Wildman–Crippen LogP) is 4.39. The first-order chi connectivity index (χ1) is 12.5. The van der Waals surface area contributed by atoms with Gasteiger partial charge in [0.15, 0.2) is 0 Å². The molecule has 4 nitrogen and oxygen atoms in total. The Morgan fingerprint density at radius 1 is 1.15 bits per heavy atom. The highest BCUT2D eigenvalue weighted by Gasteiger charge is 2.52. The summed E-state index contributed by atoms with van der Waals surface area (Å²) in [5.41, 5.74) is 2.56. The molecule has 0 aliphatic heterocycles. The summed E-state index contributed by atoms with van der Waals surface area (Å²) in [5, 5.41) is 1.05. The number of halogens is 1. The van der Waals surface area contributed by atoms with Crippen LogP contribution in [0.2, 0.25) is 0 Å². The minimum Gasteiger partial charge on any atom is -0.337 e. The van der Waals surface area contributed by atoms with Crippen LogP contribution in [0.25, 0.3) is 10.9 Å². The number of nitrogens with zero attached hydrogens (tertiary/aromatic N) is 3. The molecule has 0 saturated heterocycles. The highest BCUT2D eigenvalue weighted by atomic mass is 79.9. The molecule has 0 unspecified atom stereocenters. The number of carbonyl (C=O) groups excluding carboxylic acids is 1. The third-order valence-electron chi connectivity index (χ3n) is 5.10. The lowest BCUT2D eigenvalue weighted by atomic mass is 9.94. The molecule has 1 amide bonds. The molecule has 1 aromatic heterocycles. The van der Waals surface area contributed by atoms with Gasteiger partial charge in [-0.1, -0.05) is 46.3 Å². The number of rotatable bonds is 4. The molecule has 4 rings (SSSR count). The van der Waals surface area contributed by atoms with Gasteiger partial charge in [0.2, 0.25) is 5.91 Å². The van der Waals surface area contributed by atoms with E-state index in [2.05, 4.69) is 32.0 Å². The van der Waals surface area contributed by atoms with Crippen molar-refractivity contribution in [1.82, 2.24) is 14.9 Å². The fourth-order valence-electron chi connectivity index (χ4n) is 3.55. The number of benzene rings is 2. The maximum atomic E-state index is 13.1. The molecule has 26 heavy (non-hydrogen) atoms. The third kappa shape index (κ3) is 3.01. The molecule has 1 fully saturated rings. The van der Waals surface area contributed by atoms with Crippen LogP contribution in [0, 0.1) is 6.92 Å². The van der Waals surface area contributed by atoms with Gasteiger partial charge < -0.3 is 4.90 Å². The molecule has 0 spiro atoms. The second-order valence-corrected chi connectivity index (χ2v) is 7.91. The number of aryl methyl sites for hydroxylation is 1. The summed E-state index contributed by atoms with van der Waals surface area (Å²) >= 11 is 3.51. The summed E-state index contributed by atoms with van der Waals surface area (Å²) < 4.78 is 1.00. The number of aromatic nitrogens is 2. The van der Waals surface area contributed by atoms with E-state index in [0.29, 0.717) is 12.4 Å². The topological polar surface area (TPSA) is 46.1 Å². The Balaban J connectivity index is 1.58. The van der Waals surface area contributed by atoms with Gasteiger partial charge in [0.1, 0.15) is 5.82 Å². The van der Waals surface area contributed by atoms with Crippen LogP contribution in [-0.4, -0.2) is 27.8 Å². The summed E-state index contributed by atoms with van der Waals surface area (Å²) in [5.74, 6) is 0.826. The molecule has 1 aliphatic carbocycles. The molecular formula is C21H20BrN3O. The highest BCUT2D eigenvalue weighted by molar-refractivity contribution is 9.10. The Kier molecular flexibility index (Phi) is 4.27. The normalized spacial score (nSPS) is 15.0. The highest BCUT2D eigenvalue weighted by Crippen LogP contribution is 2.50. The third-order valence-corrected chi connectivity index (χ3v) is 5.60. The van der Waals surface area contributed by atoms with Crippen molar-refractivity contribution in [2.75, 3.05) is 7.05 Å². The Morgan fingerprint density at radius 2 is 1.92 bits per heavy atom. The van der Waals surface area contributed by atoms with Crippen molar-refractivity contribution >= 4 is 32.7 Å². The van der Waals surface area contributed by atoms with Crippen molar-refractivity contribution in [1.29, 1.82) is 0 Å². The van der Waals surface area contributed by atoms with Crippen molar-refractivity contribution in [3.63, 3.8) is 0 Å². The van der Waals surface area contributed by atoms with E-state index in [1.54, 1.807) is 4.90 Å². The van der Waals surface area contributed by atoms with Crippen molar-refractivity contribution in [2.45, 2.75) is 31.7 Å². The van der Waals surface area contributed by atoms with E-state index in [4.69, 9.17) is 0 Å². The Morgan fingerprint density at radius 3 is 2.65 bits per heavy atom. The van der Waals surface area contributed by atoms with Crippen molar-refractivity contribution in [3.05, 3.63) is 70.1 Å². The monoisotopic (exact) mass is 409 g/mol. The van der Waals surface area contributed by atoms with E-state index in [9.17, 15) is 4.79 Å². The first-order valence-electron chi connectivity index (χ1n) is 8.73. The lowest BCUT2D eigenvalue weighted by molar-refractivity contribution is -0.133. The Bertz CT molecular complexity index is 997. The van der Waals surface area contributed by atoms with Gasteiger partial charge in [-0.2, -0.15) is 0 Å². The summed E-state index contributed by atoms with van der Waals surface area (Å²) in [6.45, 7) is 2.40. The molecular weight excluding hydrogens is 390 g/mol. The Hall–Kier alpha value is -2.27. The summed E-state index contributed by atoms with van der Waals surface area (Å²) in [4.78, 5) is 24.1. The van der Waals surface area contributed by atoms with Crippen molar-refractivity contribution < 1.29 is 4.79 Å². The van der Waals surface area contributed by atoms with Gasteiger partial charge in [-0.25, -0.2) is 9.97 Å². The number of hydrogen-bond donors (Lipinski definition) is 0. The molecule has 0 radical (unpaired) electrons. The van der Waals surface area contributed by atoms with Crippen LogP contribution in [0.5, 0.6) is 0 Å². The van der Waals surface area contributed by atoms with Crippen molar-refractivity contribution in [2.24, 2.45) is 0 Å². The zero-order chi connectivity index (χ0) is 18.3. The van der Waals surface area contributed by atoms with Crippen LogP contribution in [0.1, 0.15) is 29.9 Å². The van der Waals surface area contributed by atoms with E-state index >= 15 is 0 Å². The number of para-hydroxylation sites is 1. The smallest absolute Gasteiger partial charge is 0.233 e. The SMILES string of the molecule is Cc1nc(CN(C)C(=O)C2(c3cccc(Br)c3)CC2)nc2ccccc12. The molecule has 132 valence electrons. The van der Waals surface area contributed by atoms with Crippen LogP contribution in [0.4, 0.5) is 0 Å². The summed E-state index contributed by atoms with van der Waals surface area (Å²) in [6, 6.07) is 16.0. The summed E-state index contributed by atoms with van der Waals surface area (Å²) in [7, 11) is 1.84. The number of fused-ring (bicyclic) bond motifs is 1. The molecule has 2 aromatic carbocycles. The largest absolute Gasteiger partial charge is 0.337 e.